The van der Waals surface area contributed by atoms with Crippen molar-refractivity contribution in [3.05, 3.63) is 41.8 Å². The van der Waals surface area contributed by atoms with E-state index in [0.717, 1.165) is 9.75 Å². The van der Waals surface area contributed by atoms with Crippen LogP contribution in [0.3, 0.4) is 0 Å². The van der Waals surface area contributed by atoms with Gasteiger partial charge in [-0.1, -0.05) is 13.8 Å². The zero-order valence-corrected chi connectivity index (χ0v) is 18.6. The van der Waals surface area contributed by atoms with Crippen molar-refractivity contribution in [2.45, 2.75) is 72.2 Å². The van der Waals surface area contributed by atoms with Gasteiger partial charge in [0.1, 0.15) is 0 Å². The van der Waals surface area contributed by atoms with Gasteiger partial charge in [0.2, 0.25) is 0 Å². The predicted molar refractivity (Wildman–Crippen MR) is 108 cm³/mol. The number of allylic oxidation sites excluding steroid dienone is 2. The number of hydrogen-bond acceptors (Lipinski definition) is 2. The van der Waals surface area contributed by atoms with Crippen molar-refractivity contribution in [3.63, 3.8) is 0 Å². The number of thiophene rings is 2. The van der Waals surface area contributed by atoms with Crippen LogP contribution >= 0.6 is 22.7 Å². The zero-order valence-electron chi connectivity index (χ0n) is 17.0. The molecule has 2 aromatic heterocycles. The van der Waals surface area contributed by atoms with Crippen LogP contribution in [0, 0.1) is 27.7 Å². The molecular formula is C21H22F6S2. The first-order valence-electron chi connectivity index (χ1n) is 9.32. The fraction of sp³-hybridized carbons (Fsp3) is 0.524. The highest BCUT2D eigenvalue weighted by molar-refractivity contribution is 7.12. The summed E-state index contributed by atoms with van der Waals surface area (Å²) in [6, 6.07) is 0. The molecule has 0 unspecified atom stereocenters. The lowest BCUT2D eigenvalue weighted by Crippen LogP contribution is -2.49. The Bertz CT molecular complexity index is 929. The van der Waals surface area contributed by atoms with Crippen LogP contribution < -0.4 is 0 Å². The molecule has 1 aliphatic rings. The van der Waals surface area contributed by atoms with Gasteiger partial charge in [-0.25, -0.2) is 0 Å². The third-order valence-corrected chi connectivity index (χ3v) is 8.36. The third kappa shape index (κ3) is 2.77. The van der Waals surface area contributed by atoms with Crippen LogP contribution in [-0.2, 0) is 12.8 Å². The summed E-state index contributed by atoms with van der Waals surface area (Å²) in [6.45, 7) is 9.75. The highest BCUT2D eigenvalue weighted by Gasteiger charge is 2.80. The van der Waals surface area contributed by atoms with Crippen LogP contribution in [0.1, 0.15) is 55.6 Å². The van der Waals surface area contributed by atoms with Crippen LogP contribution in [0.15, 0.2) is 0 Å². The minimum absolute atomic E-state index is 0.160. The molecular weight excluding hydrogens is 430 g/mol. The Kier molecular flexibility index (Phi) is 5.31. The van der Waals surface area contributed by atoms with Gasteiger partial charge >= 0.3 is 17.8 Å². The van der Waals surface area contributed by atoms with E-state index in [1.807, 2.05) is 13.8 Å². The van der Waals surface area contributed by atoms with Gasteiger partial charge < -0.3 is 0 Å². The van der Waals surface area contributed by atoms with E-state index in [9.17, 15) is 8.78 Å². The van der Waals surface area contributed by atoms with Crippen molar-refractivity contribution in [1.82, 2.24) is 0 Å². The number of alkyl halides is 6. The van der Waals surface area contributed by atoms with Crippen LogP contribution in [0.4, 0.5) is 26.3 Å². The molecule has 8 heteroatoms. The lowest BCUT2D eigenvalue weighted by Gasteiger charge is -2.26. The molecule has 0 N–H and O–H groups in total. The molecule has 0 fully saturated rings. The van der Waals surface area contributed by atoms with Crippen molar-refractivity contribution in [2.75, 3.05) is 0 Å². The summed E-state index contributed by atoms with van der Waals surface area (Å²) in [7, 11) is 0. The Morgan fingerprint density at radius 1 is 0.621 bits per heavy atom. The van der Waals surface area contributed by atoms with Crippen LogP contribution in [0.2, 0.25) is 0 Å². The van der Waals surface area contributed by atoms with E-state index < -0.39 is 28.9 Å². The summed E-state index contributed by atoms with van der Waals surface area (Å²) in [5.74, 6) is -15.5. The van der Waals surface area contributed by atoms with Crippen molar-refractivity contribution < 1.29 is 26.3 Å². The van der Waals surface area contributed by atoms with E-state index >= 15 is 17.6 Å². The van der Waals surface area contributed by atoms with Crippen LogP contribution in [0.5, 0.6) is 0 Å². The summed E-state index contributed by atoms with van der Waals surface area (Å²) >= 11 is 2.38. The van der Waals surface area contributed by atoms with Crippen molar-refractivity contribution in [1.29, 1.82) is 0 Å². The Morgan fingerprint density at radius 3 is 1.17 bits per heavy atom. The molecule has 0 aromatic carbocycles. The van der Waals surface area contributed by atoms with Crippen molar-refractivity contribution in [3.8, 4) is 0 Å². The van der Waals surface area contributed by atoms with Crippen molar-refractivity contribution >= 4 is 33.8 Å². The molecule has 0 amide bonds. The van der Waals surface area contributed by atoms with E-state index in [4.69, 9.17) is 0 Å². The monoisotopic (exact) mass is 452 g/mol. The molecule has 160 valence electrons. The Morgan fingerprint density at radius 2 is 0.931 bits per heavy atom. The average molecular weight is 453 g/mol. The maximum atomic E-state index is 15.0. The molecule has 0 aliphatic heterocycles. The number of halogens is 6. The maximum Gasteiger partial charge on any atom is 0.380 e. The normalized spacial score (nSPS) is 20.0. The summed E-state index contributed by atoms with van der Waals surface area (Å²) in [6.07, 6.45) is 1.02. The third-order valence-electron chi connectivity index (χ3n) is 5.65. The highest BCUT2D eigenvalue weighted by Crippen LogP contribution is 2.66. The second-order valence-corrected chi connectivity index (χ2v) is 9.96. The van der Waals surface area contributed by atoms with Gasteiger partial charge in [0.25, 0.3) is 0 Å². The highest BCUT2D eigenvalue weighted by atomic mass is 32.1. The van der Waals surface area contributed by atoms with Gasteiger partial charge in [-0.15, -0.1) is 22.7 Å². The molecule has 0 saturated heterocycles. The Labute approximate surface area is 174 Å². The van der Waals surface area contributed by atoms with Crippen LogP contribution in [0.25, 0.3) is 11.1 Å². The van der Waals surface area contributed by atoms with Crippen molar-refractivity contribution in [2.24, 2.45) is 0 Å². The smallest absolute Gasteiger partial charge is 0.194 e. The molecule has 0 saturated carbocycles. The molecule has 3 rings (SSSR count). The maximum absolute atomic E-state index is 15.0. The lowest BCUT2D eigenvalue weighted by molar-refractivity contribution is -0.254. The van der Waals surface area contributed by atoms with Gasteiger partial charge in [0.15, 0.2) is 0 Å². The summed E-state index contributed by atoms with van der Waals surface area (Å²) < 4.78 is 89.3. The zero-order chi connectivity index (χ0) is 22.1. The van der Waals surface area contributed by atoms with E-state index in [-0.39, 0.29) is 11.1 Å². The van der Waals surface area contributed by atoms with Gasteiger partial charge in [-0.05, 0) is 51.7 Å². The minimum atomic E-state index is -5.51. The topological polar surface area (TPSA) is 0 Å². The molecule has 1 aliphatic carbocycles. The minimum Gasteiger partial charge on any atom is -0.194 e. The number of hydrogen-bond donors (Lipinski definition) is 0. The first kappa shape index (κ1) is 22.4. The molecule has 0 nitrogen and oxygen atoms in total. The second kappa shape index (κ2) is 6.87. The number of aryl methyl sites for hydroxylation is 4. The quantitative estimate of drug-likeness (QED) is 0.412. The predicted octanol–water partition coefficient (Wildman–Crippen LogP) is 8.00. The average Bonchev–Trinajstić information content (AvgIpc) is 3.10. The van der Waals surface area contributed by atoms with Crippen LogP contribution in [-0.4, -0.2) is 17.8 Å². The Balaban J connectivity index is 2.53. The van der Waals surface area contributed by atoms with Gasteiger partial charge in [0.05, 0.1) is 0 Å². The molecule has 0 radical (unpaired) electrons. The number of rotatable bonds is 4. The molecule has 2 heterocycles. The first-order chi connectivity index (χ1) is 13.3. The van der Waals surface area contributed by atoms with Gasteiger partial charge in [-0.3, -0.25) is 0 Å². The van der Waals surface area contributed by atoms with E-state index in [2.05, 4.69) is 0 Å². The summed E-state index contributed by atoms with van der Waals surface area (Å²) in [4.78, 5) is 2.15. The van der Waals surface area contributed by atoms with Gasteiger partial charge in [-0.2, -0.15) is 26.3 Å². The van der Waals surface area contributed by atoms with E-state index in [1.54, 1.807) is 0 Å². The fourth-order valence-corrected chi connectivity index (χ4v) is 6.48. The first-order valence-corrected chi connectivity index (χ1v) is 11.0. The second-order valence-electron chi connectivity index (χ2n) is 7.34. The standard InChI is InChI=1S/C21H22F6S2/c1-7-13-9(3)15(11(5)28-13)17-18(16-10(4)14(8-2)29-12(16)6)20(24,25)21(26,27)19(17,22)23/h7-8H2,1-6H3. The SMILES string of the molecule is CCc1sc(C)c(C2=C(c3c(C)sc(CC)c3C)C(F)(F)C(F)(F)C2(F)F)c1C. The molecule has 0 spiro atoms. The molecule has 2 aromatic rings. The molecule has 0 atom stereocenters. The molecule has 0 bridgehead atoms. The lowest BCUT2D eigenvalue weighted by atomic mass is 9.90. The molecule has 29 heavy (non-hydrogen) atoms. The summed E-state index contributed by atoms with van der Waals surface area (Å²) in [5, 5.41) is 0. The Hall–Kier alpha value is -1.28. The largest absolute Gasteiger partial charge is 0.380 e. The van der Waals surface area contributed by atoms with E-state index in [0.29, 0.717) is 33.7 Å². The summed E-state index contributed by atoms with van der Waals surface area (Å²) in [5.41, 5.74) is -2.01. The fourth-order valence-electron chi connectivity index (χ4n) is 4.22. The van der Waals surface area contributed by atoms with Gasteiger partial charge in [0, 0.05) is 41.8 Å². The van der Waals surface area contributed by atoms with E-state index in [1.165, 1.54) is 50.4 Å².